The topological polar surface area (TPSA) is 25.8 Å². The largest absolute Gasteiger partial charge is 0.400 e. The number of aromatic nitrogens is 2. The van der Waals surface area contributed by atoms with Gasteiger partial charge in [0.25, 0.3) is 0 Å². The summed E-state index contributed by atoms with van der Waals surface area (Å²) in [7, 11) is 0. The molecule has 0 bridgehead atoms. The summed E-state index contributed by atoms with van der Waals surface area (Å²) in [4.78, 5) is 8.38. The first-order chi connectivity index (χ1) is 18.5. The molecule has 207 valence electrons. The van der Waals surface area contributed by atoms with Crippen molar-refractivity contribution < 1.29 is 46.4 Å². The molecule has 5 rings (SSSR count). The van der Waals surface area contributed by atoms with Gasteiger partial charge in [-0.15, -0.1) is 59.7 Å². The molecule has 1 radical (unpaired) electrons. The first-order valence-corrected chi connectivity index (χ1v) is 11.6. The van der Waals surface area contributed by atoms with Crippen molar-refractivity contribution in [3.05, 3.63) is 132 Å². The van der Waals surface area contributed by atoms with Crippen LogP contribution in [0.4, 0.5) is 26.3 Å². The summed E-state index contributed by atoms with van der Waals surface area (Å²) in [6, 6.07) is 31.4. The molecule has 3 aromatic carbocycles. The minimum absolute atomic E-state index is 0. The number of pyridine rings is 2. The molecule has 0 saturated heterocycles. The van der Waals surface area contributed by atoms with Crippen molar-refractivity contribution in [1.29, 1.82) is 0 Å². The Morgan fingerprint density at radius 3 is 1.77 bits per heavy atom. The van der Waals surface area contributed by atoms with Gasteiger partial charge in [0.05, 0.1) is 0 Å². The molecule has 0 fully saturated rings. The van der Waals surface area contributed by atoms with E-state index in [1.165, 1.54) is 17.8 Å². The molecule has 0 saturated carbocycles. The number of aryl methyl sites for hydroxylation is 1. The summed E-state index contributed by atoms with van der Waals surface area (Å²) in [5.41, 5.74) is 1.56. The molecule has 0 amide bonds. The standard InChI is InChI=1S/C17H12N.C14H8F6N.Ir/c1-3-7-14(8-4-1)16-11-12-17(18-13-16)15-9-5-2-6-10-15;1-8-2-5-12(21-7-8)9-3-4-10(13(15,16)17)11(6-9)14(18,19)20;/h1-9,11-13H;2,4-7H,1H3;/q2*-1;. The fourth-order valence-electron chi connectivity index (χ4n) is 3.64. The van der Waals surface area contributed by atoms with E-state index in [1.807, 2.05) is 54.7 Å². The Bertz CT molecular complexity index is 1440. The molecule has 0 spiro atoms. The molecule has 0 aliphatic carbocycles. The zero-order chi connectivity index (χ0) is 28.0. The molecule has 2 aromatic heterocycles. The summed E-state index contributed by atoms with van der Waals surface area (Å²) in [6.07, 6.45) is -6.89. The van der Waals surface area contributed by atoms with E-state index < -0.39 is 23.5 Å². The number of nitrogens with zero attached hydrogens (tertiary/aromatic N) is 2. The maximum Gasteiger partial charge on any atom is 0.400 e. The second-order valence-corrected chi connectivity index (χ2v) is 8.46. The third-order valence-corrected chi connectivity index (χ3v) is 5.60. The van der Waals surface area contributed by atoms with Crippen LogP contribution < -0.4 is 0 Å². The SMILES string of the molecule is Cc1ccc(-c2[c-]cc(C(F)(F)F)c(C(F)(F)F)c2)nc1.[Ir].[c-]1ccccc1-c1ccc(-c2ccccc2)cn1. The normalized spacial score (nSPS) is 11.2. The quantitative estimate of drug-likeness (QED) is 0.137. The Labute approximate surface area is 241 Å². The van der Waals surface area contributed by atoms with Crippen LogP contribution in [0.5, 0.6) is 0 Å². The Hall–Kier alpha value is -3.81. The Morgan fingerprint density at radius 1 is 0.600 bits per heavy atom. The van der Waals surface area contributed by atoms with Crippen molar-refractivity contribution in [2.75, 3.05) is 0 Å². The number of halogens is 6. The second-order valence-electron chi connectivity index (χ2n) is 8.46. The molecular formula is C31H20F6IrN2-2. The van der Waals surface area contributed by atoms with E-state index in [-0.39, 0.29) is 31.4 Å². The molecular weight excluding hydrogens is 707 g/mol. The van der Waals surface area contributed by atoms with Crippen LogP contribution in [-0.4, -0.2) is 9.97 Å². The van der Waals surface area contributed by atoms with Gasteiger partial charge in [-0.1, -0.05) is 54.6 Å². The molecule has 5 aromatic rings. The number of hydrogen-bond acceptors (Lipinski definition) is 2. The first-order valence-electron chi connectivity index (χ1n) is 11.6. The van der Waals surface area contributed by atoms with Gasteiger partial charge in [-0.2, -0.15) is 26.3 Å². The fraction of sp³-hybridized carbons (Fsp3) is 0.0968. The summed E-state index contributed by atoms with van der Waals surface area (Å²) < 4.78 is 76.3. The predicted molar refractivity (Wildman–Crippen MR) is 137 cm³/mol. The molecule has 40 heavy (non-hydrogen) atoms. The van der Waals surface area contributed by atoms with Crippen molar-refractivity contribution in [2.24, 2.45) is 0 Å². The van der Waals surface area contributed by atoms with Crippen molar-refractivity contribution in [1.82, 2.24) is 9.97 Å². The Morgan fingerprint density at radius 2 is 1.23 bits per heavy atom. The third-order valence-electron chi connectivity index (χ3n) is 5.60. The fourth-order valence-corrected chi connectivity index (χ4v) is 3.64. The van der Waals surface area contributed by atoms with Gasteiger partial charge in [0.15, 0.2) is 0 Å². The molecule has 0 aliphatic heterocycles. The average molecular weight is 727 g/mol. The van der Waals surface area contributed by atoms with E-state index in [2.05, 4.69) is 40.3 Å². The van der Waals surface area contributed by atoms with Crippen LogP contribution in [0.1, 0.15) is 16.7 Å². The van der Waals surface area contributed by atoms with Crippen LogP contribution in [0.2, 0.25) is 0 Å². The summed E-state index contributed by atoms with van der Waals surface area (Å²) >= 11 is 0. The van der Waals surface area contributed by atoms with Gasteiger partial charge in [0.1, 0.15) is 0 Å². The van der Waals surface area contributed by atoms with Crippen LogP contribution in [-0.2, 0) is 32.5 Å². The number of hydrogen-bond donors (Lipinski definition) is 0. The van der Waals surface area contributed by atoms with E-state index in [0.29, 0.717) is 12.1 Å². The Kier molecular flexibility index (Phi) is 10.0. The molecule has 2 heterocycles. The summed E-state index contributed by atoms with van der Waals surface area (Å²) in [5.74, 6) is 0. The van der Waals surface area contributed by atoms with Gasteiger partial charge in [-0.25, -0.2) is 0 Å². The van der Waals surface area contributed by atoms with E-state index in [1.54, 1.807) is 13.0 Å². The monoisotopic (exact) mass is 727 g/mol. The first kappa shape index (κ1) is 30.7. The summed E-state index contributed by atoms with van der Waals surface area (Å²) in [5, 5.41) is 0. The van der Waals surface area contributed by atoms with Crippen molar-refractivity contribution in [2.45, 2.75) is 19.3 Å². The van der Waals surface area contributed by atoms with Crippen LogP contribution in [0.25, 0.3) is 33.6 Å². The third kappa shape index (κ3) is 7.87. The van der Waals surface area contributed by atoms with E-state index >= 15 is 0 Å². The van der Waals surface area contributed by atoms with E-state index in [9.17, 15) is 26.3 Å². The maximum atomic E-state index is 12.8. The van der Waals surface area contributed by atoms with E-state index in [0.717, 1.165) is 22.4 Å². The van der Waals surface area contributed by atoms with Gasteiger partial charge in [-0.3, -0.25) is 0 Å². The van der Waals surface area contributed by atoms with E-state index in [4.69, 9.17) is 0 Å². The van der Waals surface area contributed by atoms with Gasteiger partial charge in [0.2, 0.25) is 0 Å². The van der Waals surface area contributed by atoms with Gasteiger partial charge >= 0.3 is 12.4 Å². The van der Waals surface area contributed by atoms with Crippen molar-refractivity contribution >= 4 is 0 Å². The molecule has 0 N–H and O–H groups in total. The minimum atomic E-state index is -5.11. The van der Waals surface area contributed by atoms with Crippen LogP contribution >= 0.6 is 0 Å². The molecule has 0 aliphatic rings. The molecule has 2 nitrogen and oxygen atoms in total. The van der Waals surface area contributed by atoms with Crippen LogP contribution in [0.3, 0.4) is 0 Å². The number of alkyl halides is 6. The number of benzene rings is 3. The van der Waals surface area contributed by atoms with Gasteiger partial charge in [0, 0.05) is 32.5 Å². The summed E-state index contributed by atoms with van der Waals surface area (Å²) in [6.45, 7) is 1.73. The van der Waals surface area contributed by atoms with Crippen LogP contribution in [0, 0.1) is 19.1 Å². The van der Waals surface area contributed by atoms with Gasteiger partial charge in [-0.05, 0) is 46.1 Å². The molecule has 0 atom stereocenters. The molecule has 0 unspecified atom stereocenters. The zero-order valence-electron chi connectivity index (χ0n) is 20.8. The van der Waals surface area contributed by atoms with Crippen molar-refractivity contribution in [3.63, 3.8) is 0 Å². The smallest absolute Gasteiger partial charge is 0.304 e. The molecule has 9 heteroatoms. The van der Waals surface area contributed by atoms with Crippen molar-refractivity contribution in [3.8, 4) is 33.6 Å². The minimum Gasteiger partial charge on any atom is -0.304 e. The average Bonchev–Trinajstić information content (AvgIpc) is 2.94. The van der Waals surface area contributed by atoms with Gasteiger partial charge < -0.3 is 9.97 Å². The maximum absolute atomic E-state index is 12.8. The zero-order valence-corrected chi connectivity index (χ0v) is 23.2. The number of rotatable bonds is 3. The predicted octanol–water partition coefficient (Wildman–Crippen LogP) is 9.11. The second kappa shape index (κ2) is 13.0. The van der Waals surface area contributed by atoms with Crippen LogP contribution in [0.15, 0.2) is 103 Å². The Balaban J connectivity index is 0.000000217.